The second-order valence-corrected chi connectivity index (χ2v) is 1.62. The first-order chi connectivity index (χ1) is 4.33. The Morgan fingerprint density at radius 3 is 1.33 bits per heavy atom. The summed E-state index contributed by atoms with van der Waals surface area (Å²) in [5, 5.41) is 3.11. The van der Waals surface area contributed by atoms with Gasteiger partial charge in [0.15, 0.2) is 0 Å². The van der Waals surface area contributed by atoms with Gasteiger partial charge in [-0.1, -0.05) is 26.0 Å². The van der Waals surface area contributed by atoms with Gasteiger partial charge in [-0.25, -0.2) is 0 Å². The summed E-state index contributed by atoms with van der Waals surface area (Å²) in [5.41, 5.74) is 0. The molecule has 0 rings (SSSR count). The van der Waals surface area contributed by atoms with E-state index in [0.717, 1.165) is 13.1 Å². The Balaban J connectivity index is 0. The Labute approximate surface area is 59.2 Å². The van der Waals surface area contributed by atoms with E-state index in [-0.39, 0.29) is 0 Å². The van der Waals surface area contributed by atoms with Crippen LogP contribution in [-0.2, 0) is 0 Å². The van der Waals surface area contributed by atoms with Crippen LogP contribution in [0.3, 0.4) is 0 Å². The van der Waals surface area contributed by atoms with E-state index in [1.807, 2.05) is 26.0 Å². The zero-order chi connectivity index (χ0) is 7.54. The van der Waals surface area contributed by atoms with Crippen molar-refractivity contribution in [3.63, 3.8) is 0 Å². The highest BCUT2D eigenvalue weighted by Crippen LogP contribution is 1.57. The molecule has 56 valence electrons. The van der Waals surface area contributed by atoms with Gasteiger partial charge in [0.25, 0.3) is 0 Å². The lowest BCUT2D eigenvalue weighted by Crippen LogP contribution is -2.09. The Bertz CT molecular complexity index is 42.5. The molecule has 0 saturated heterocycles. The maximum absolute atomic E-state index is 3.11. The van der Waals surface area contributed by atoms with Gasteiger partial charge in [0.1, 0.15) is 0 Å². The van der Waals surface area contributed by atoms with E-state index in [1.54, 1.807) is 0 Å². The molecule has 9 heavy (non-hydrogen) atoms. The molecular weight excluding hydrogens is 110 g/mol. The third-order valence-corrected chi connectivity index (χ3v) is 0.833. The Hall–Kier alpha value is -0.300. The van der Waals surface area contributed by atoms with Gasteiger partial charge in [0, 0.05) is 0 Å². The van der Waals surface area contributed by atoms with Gasteiger partial charge in [0.05, 0.1) is 0 Å². The summed E-state index contributed by atoms with van der Waals surface area (Å²) in [7, 11) is 0. The molecular formula is C8H19N. The van der Waals surface area contributed by atoms with Crippen molar-refractivity contribution in [1.82, 2.24) is 5.32 Å². The molecule has 0 aliphatic heterocycles. The van der Waals surface area contributed by atoms with Crippen LogP contribution in [-0.4, -0.2) is 13.1 Å². The molecule has 0 aromatic rings. The molecule has 0 aliphatic rings. The van der Waals surface area contributed by atoms with Crippen LogP contribution in [0.25, 0.3) is 0 Å². The smallest absolute Gasteiger partial charge is 0.00775 e. The highest BCUT2D eigenvalue weighted by Gasteiger charge is 1.62. The number of hydrogen-bond donors (Lipinski definition) is 1. The molecule has 0 aliphatic carbocycles. The van der Waals surface area contributed by atoms with Gasteiger partial charge in [-0.15, -0.1) is 0 Å². The molecule has 0 unspecified atom stereocenters. The second-order valence-electron chi connectivity index (χ2n) is 1.62. The lowest BCUT2D eigenvalue weighted by molar-refractivity contribution is 0.762. The van der Waals surface area contributed by atoms with Crippen LogP contribution in [0.4, 0.5) is 0 Å². The van der Waals surface area contributed by atoms with Crippen molar-refractivity contribution in [3.05, 3.63) is 12.2 Å². The van der Waals surface area contributed by atoms with E-state index in [9.17, 15) is 0 Å². The number of rotatable bonds is 2. The quantitative estimate of drug-likeness (QED) is 0.564. The molecule has 0 amide bonds. The highest BCUT2D eigenvalue weighted by molar-refractivity contribution is 4.68. The summed E-state index contributed by atoms with van der Waals surface area (Å²) in [6.07, 6.45) is 4.00. The van der Waals surface area contributed by atoms with Gasteiger partial charge < -0.3 is 5.32 Å². The standard InChI is InChI=1S/C4H11N.C4H8/c1-3-5-4-2;1-3-4-2/h5H,3-4H2,1-2H3;3-4H,1-2H3. The predicted molar refractivity (Wildman–Crippen MR) is 44.7 cm³/mol. The minimum Gasteiger partial charge on any atom is -0.317 e. The molecule has 0 heterocycles. The summed E-state index contributed by atoms with van der Waals surface area (Å²) in [5.74, 6) is 0. The Kier molecular flexibility index (Phi) is 20.0. The fraction of sp³-hybridized carbons (Fsp3) is 0.750. The average molecular weight is 129 g/mol. The van der Waals surface area contributed by atoms with Crippen molar-refractivity contribution in [3.8, 4) is 0 Å². The highest BCUT2D eigenvalue weighted by atomic mass is 14.8. The molecule has 0 fully saturated rings. The fourth-order valence-corrected chi connectivity index (χ4v) is 0.250. The maximum Gasteiger partial charge on any atom is -0.00775 e. The van der Waals surface area contributed by atoms with Crippen molar-refractivity contribution in [2.24, 2.45) is 0 Å². The lowest BCUT2D eigenvalue weighted by atomic mass is 10.6. The molecule has 0 aromatic heterocycles. The SMILES string of the molecule is CC=CC.CCNCC. The van der Waals surface area contributed by atoms with E-state index in [4.69, 9.17) is 0 Å². The van der Waals surface area contributed by atoms with Crippen molar-refractivity contribution < 1.29 is 0 Å². The first kappa shape index (κ1) is 11.5. The fourth-order valence-electron chi connectivity index (χ4n) is 0.250. The molecule has 0 spiro atoms. The molecule has 0 aromatic carbocycles. The monoisotopic (exact) mass is 129 g/mol. The molecule has 1 N–H and O–H groups in total. The van der Waals surface area contributed by atoms with Gasteiger partial charge in [-0.2, -0.15) is 0 Å². The third kappa shape index (κ3) is 34.3. The normalized spacial score (nSPS) is 8.89. The zero-order valence-corrected chi connectivity index (χ0v) is 7.07. The molecule has 1 nitrogen and oxygen atoms in total. The van der Waals surface area contributed by atoms with Crippen molar-refractivity contribution in [2.45, 2.75) is 27.7 Å². The van der Waals surface area contributed by atoms with Crippen LogP contribution in [0.15, 0.2) is 12.2 Å². The van der Waals surface area contributed by atoms with Crippen molar-refractivity contribution >= 4 is 0 Å². The largest absolute Gasteiger partial charge is 0.317 e. The van der Waals surface area contributed by atoms with E-state index >= 15 is 0 Å². The summed E-state index contributed by atoms with van der Waals surface area (Å²) in [4.78, 5) is 0. The van der Waals surface area contributed by atoms with E-state index in [1.165, 1.54) is 0 Å². The second kappa shape index (κ2) is 15.6. The van der Waals surface area contributed by atoms with Crippen molar-refractivity contribution in [2.75, 3.05) is 13.1 Å². The van der Waals surface area contributed by atoms with Crippen LogP contribution in [0.1, 0.15) is 27.7 Å². The number of allylic oxidation sites excluding steroid dienone is 2. The van der Waals surface area contributed by atoms with Crippen molar-refractivity contribution in [1.29, 1.82) is 0 Å². The summed E-state index contributed by atoms with van der Waals surface area (Å²) >= 11 is 0. The van der Waals surface area contributed by atoms with Crippen LogP contribution >= 0.6 is 0 Å². The topological polar surface area (TPSA) is 12.0 Å². The van der Waals surface area contributed by atoms with Gasteiger partial charge in [-0.05, 0) is 26.9 Å². The van der Waals surface area contributed by atoms with Gasteiger partial charge in [0.2, 0.25) is 0 Å². The van der Waals surface area contributed by atoms with Crippen LogP contribution < -0.4 is 5.32 Å². The molecule has 0 atom stereocenters. The minimum atomic E-state index is 1.09. The Morgan fingerprint density at radius 2 is 1.33 bits per heavy atom. The third-order valence-electron chi connectivity index (χ3n) is 0.833. The number of hydrogen-bond acceptors (Lipinski definition) is 1. The van der Waals surface area contributed by atoms with Gasteiger partial charge >= 0.3 is 0 Å². The van der Waals surface area contributed by atoms with Crippen LogP contribution in [0.5, 0.6) is 0 Å². The van der Waals surface area contributed by atoms with E-state index < -0.39 is 0 Å². The average Bonchev–Trinajstić information content (AvgIpc) is 1.91. The lowest BCUT2D eigenvalue weighted by Gasteiger charge is -1.86. The summed E-state index contributed by atoms with van der Waals surface area (Å²) in [6.45, 7) is 10.4. The van der Waals surface area contributed by atoms with E-state index in [2.05, 4.69) is 19.2 Å². The van der Waals surface area contributed by atoms with Gasteiger partial charge in [-0.3, -0.25) is 0 Å². The molecule has 0 saturated carbocycles. The summed E-state index contributed by atoms with van der Waals surface area (Å²) < 4.78 is 0. The first-order valence-corrected chi connectivity index (χ1v) is 3.61. The first-order valence-electron chi connectivity index (χ1n) is 3.61. The summed E-state index contributed by atoms with van der Waals surface area (Å²) in [6, 6.07) is 0. The van der Waals surface area contributed by atoms with Crippen LogP contribution in [0, 0.1) is 0 Å². The van der Waals surface area contributed by atoms with Crippen LogP contribution in [0.2, 0.25) is 0 Å². The zero-order valence-electron chi connectivity index (χ0n) is 7.07. The minimum absolute atomic E-state index is 1.09. The Morgan fingerprint density at radius 1 is 1.00 bits per heavy atom. The number of nitrogens with one attached hydrogen (secondary N) is 1. The van der Waals surface area contributed by atoms with E-state index in [0.29, 0.717) is 0 Å². The predicted octanol–water partition coefficient (Wildman–Crippen LogP) is 2.20. The molecule has 1 heteroatoms. The maximum atomic E-state index is 3.11. The molecule has 0 radical (unpaired) electrons. The molecule has 0 bridgehead atoms.